The smallest absolute Gasteiger partial charge is 0.194 e. The van der Waals surface area contributed by atoms with E-state index in [1.807, 2.05) is 0 Å². The molecule has 2 aliphatic carbocycles. The van der Waals surface area contributed by atoms with Crippen LogP contribution in [0.4, 0.5) is 13.2 Å². The molecule has 2 nitrogen and oxygen atoms in total. The summed E-state index contributed by atoms with van der Waals surface area (Å²) in [5.41, 5.74) is 0. The van der Waals surface area contributed by atoms with E-state index in [2.05, 4.69) is 12.6 Å². The van der Waals surface area contributed by atoms with Crippen molar-refractivity contribution in [2.75, 3.05) is 0 Å². The normalized spacial score (nSPS) is 31.0. The predicted octanol–water partition coefficient (Wildman–Crippen LogP) is 5.46. The molecular formula is C18H23F3O2S. The predicted molar refractivity (Wildman–Crippen MR) is 88.5 cm³/mol. The maximum Gasteiger partial charge on any atom is 0.194 e. The largest absolute Gasteiger partial charge is 0.337 e. The van der Waals surface area contributed by atoms with Crippen LogP contribution in [0.25, 0.3) is 0 Å². The van der Waals surface area contributed by atoms with E-state index in [1.54, 1.807) is 0 Å². The van der Waals surface area contributed by atoms with Gasteiger partial charge in [-0.3, -0.25) is 0 Å². The highest BCUT2D eigenvalue weighted by atomic mass is 32.1. The van der Waals surface area contributed by atoms with E-state index in [9.17, 15) is 13.2 Å². The summed E-state index contributed by atoms with van der Waals surface area (Å²) in [6.07, 6.45) is 8.76. The van der Waals surface area contributed by atoms with Gasteiger partial charge in [0.25, 0.3) is 0 Å². The van der Waals surface area contributed by atoms with Gasteiger partial charge in [-0.25, -0.2) is 13.2 Å². The highest BCUT2D eigenvalue weighted by Crippen LogP contribution is 2.40. The van der Waals surface area contributed by atoms with Crippen molar-refractivity contribution in [1.82, 2.24) is 0 Å². The Labute approximate surface area is 146 Å². The van der Waals surface area contributed by atoms with Crippen molar-refractivity contribution in [3.63, 3.8) is 0 Å². The SMILES string of the molecule is Fc1cc(OOC2CCC(C3CCC(S)CC3)CC2)cc(F)c1F. The Kier molecular flexibility index (Phi) is 5.98. The third kappa shape index (κ3) is 4.39. The van der Waals surface area contributed by atoms with Crippen LogP contribution in [0.15, 0.2) is 12.1 Å². The molecule has 2 saturated carbocycles. The average Bonchev–Trinajstić information content (AvgIpc) is 2.59. The van der Waals surface area contributed by atoms with Crippen molar-refractivity contribution in [2.24, 2.45) is 11.8 Å². The second kappa shape index (κ2) is 8.00. The molecule has 6 heteroatoms. The summed E-state index contributed by atoms with van der Waals surface area (Å²) in [5, 5.41) is 0.561. The lowest BCUT2D eigenvalue weighted by Gasteiger charge is -2.36. The van der Waals surface area contributed by atoms with Gasteiger partial charge < -0.3 is 4.89 Å². The fraction of sp³-hybridized carbons (Fsp3) is 0.667. The number of benzene rings is 1. The fourth-order valence-electron chi connectivity index (χ4n) is 3.93. The van der Waals surface area contributed by atoms with Crippen LogP contribution in [0.5, 0.6) is 5.75 Å². The van der Waals surface area contributed by atoms with Crippen LogP contribution < -0.4 is 4.89 Å². The van der Waals surface area contributed by atoms with Crippen molar-refractivity contribution in [3.05, 3.63) is 29.6 Å². The second-order valence-electron chi connectivity index (χ2n) is 6.99. The molecule has 1 aromatic rings. The zero-order valence-corrected chi connectivity index (χ0v) is 14.4. The molecular weight excluding hydrogens is 337 g/mol. The second-order valence-corrected chi connectivity index (χ2v) is 7.72. The summed E-state index contributed by atoms with van der Waals surface area (Å²) in [6.45, 7) is 0. The molecule has 0 bridgehead atoms. The maximum atomic E-state index is 13.1. The Morgan fingerprint density at radius 3 is 1.83 bits per heavy atom. The van der Waals surface area contributed by atoms with E-state index >= 15 is 0 Å². The lowest BCUT2D eigenvalue weighted by Crippen LogP contribution is -2.29. The molecule has 2 fully saturated rings. The molecule has 0 aromatic heterocycles. The molecule has 24 heavy (non-hydrogen) atoms. The molecule has 2 aliphatic rings. The van der Waals surface area contributed by atoms with Crippen LogP contribution in [-0.2, 0) is 4.89 Å². The monoisotopic (exact) mass is 360 g/mol. The van der Waals surface area contributed by atoms with Gasteiger partial charge >= 0.3 is 0 Å². The maximum absolute atomic E-state index is 13.1. The lowest BCUT2D eigenvalue weighted by molar-refractivity contribution is -0.253. The van der Waals surface area contributed by atoms with Gasteiger partial charge in [0.1, 0.15) is 6.10 Å². The fourth-order valence-corrected chi connectivity index (χ4v) is 4.23. The molecule has 0 saturated heterocycles. The highest BCUT2D eigenvalue weighted by Gasteiger charge is 2.31. The van der Waals surface area contributed by atoms with Crippen LogP contribution in [-0.4, -0.2) is 11.4 Å². The van der Waals surface area contributed by atoms with Gasteiger partial charge in [-0.1, -0.05) is 0 Å². The standard InChI is InChI=1S/C18H23F3O2S/c19-16-9-14(10-17(20)18(16)21)23-22-13-5-1-11(2-6-13)12-3-7-15(24)8-4-12/h9-13,15,24H,1-8H2. The first kappa shape index (κ1) is 17.9. The van der Waals surface area contributed by atoms with Crippen LogP contribution in [0, 0.1) is 29.3 Å². The highest BCUT2D eigenvalue weighted by molar-refractivity contribution is 7.80. The van der Waals surface area contributed by atoms with E-state index in [1.165, 1.54) is 25.7 Å². The van der Waals surface area contributed by atoms with Gasteiger partial charge in [-0.2, -0.15) is 17.5 Å². The Morgan fingerprint density at radius 2 is 1.29 bits per heavy atom. The van der Waals surface area contributed by atoms with Crippen LogP contribution in [0.2, 0.25) is 0 Å². The first-order valence-electron chi connectivity index (χ1n) is 8.69. The molecule has 0 unspecified atom stereocenters. The zero-order chi connectivity index (χ0) is 17.1. The molecule has 0 radical (unpaired) electrons. The molecule has 0 aliphatic heterocycles. The summed E-state index contributed by atoms with van der Waals surface area (Å²) in [4.78, 5) is 10.3. The first-order valence-corrected chi connectivity index (χ1v) is 9.20. The van der Waals surface area contributed by atoms with Crippen molar-refractivity contribution in [3.8, 4) is 5.75 Å². The molecule has 0 atom stereocenters. The minimum absolute atomic E-state index is 0.0846. The molecule has 0 N–H and O–H groups in total. The van der Waals surface area contributed by atoms with Gasteiger partial charge in [-0.05, 0) is 63.2 Å². The Hall–Kier alpha value is -0.880. The van der Waals surface area contributed by atoms with Crippen molar-refractivity contribution in [1.29, 1.82) is 0 Å². The van der Waals surface area contributed by atoms with Crippen molar-refractivity contribution in [2.45, 2.75) is 62.7 Å². The number of rotatable bonds is 4. The van der Waals surface area contributed by atoms with Gasteiger partial charge in [0, 0.05) is 17.4 Å². The number of thiol groups is 1. The molecule has 134 valence electrons. The minimum atomic E-state index is -1.50. The number of halogens is 3. The Balaban J connectivity index is 1.44. The topological polar surface area (TPSA) is 18.5 Å². The van der Waals surface area contributed by atoms with E-state index < -0.39 is 17.5 Å². The Morgan fingerprint density at radius 1 is 0.792 bits per heavy atom. The van der Waals surface area contributed by atoms with Crippen LogP contribution in [0.3, 0.4) is 0 Å². The van der Waals surface area contributed by atoms with Crippen LogP contribution >= 0.6 is 12.6 Å². The summed E-state index contributed by atoms with van der Waals surface area (Å²) in [6, 6.07) is 1.58. The number of hydrogen-bond donors (Lipinski definition) is 1. The van der Waals surface area contributed by atoms with E-state index in [0.29, 0.717) is 5.25 Å². The zero-order valence-electron chi connectivity index (χ0n) is 13.5. The summed E-state index contributed by atoms with van der Waals surface area (Å²) in [5.74, 6) is -2.70. The van der Waals surface area contributed by atoms with E-state index in [-0.39, 0.29) is 11.9 Å². The van der Waals surface area contributed by atoms with Gasteiger partial charge in [0.05, 0.1) is 0 Å². The molecule has 0 heterocycles. The first-order chi connectivity index (χ1) is 11.5. The third-order valence-electron chi connectivity index (χ3n) is 5.36. The summed E-state index contributed by atoms with van der Waals surface area (Å²) >= 11 is 4.55. The molecule has 1 aromatic carbocycles. The van der Waals surface area contributed by atoms with Crippen molar-refractivity contribution < 1.29 is 22.9 Å². The van der Waals surface area contributed by atoms with Gasteiger partial charge in [-0.15, -0.1) is 0 Å². The van der Waals surface area contributed by atoms with E-state index in [0.717, 1.165) is 49.7 Å². The number of hydrogen-bond acceptors (Lipinski definition) is 3. The third-order valence-corrected chi connectivity index (χ3v) is 5.88. The minimum Gasteiger partial charge on any atom is -0.337 e. The van der Waals surface area contributed by atoms with E-state index in [4.69, 9.17) is 9.78 Å². The van der Waals surface area contributed by atoms with Crippen LogP contribution in [0.1, 0.15) is 51.4 Å². The molecule has 3 rings (SSSR count). The van der Waals surface area contributed by atoms with Gasteiger partial charge in [0.15, 0.2) is 23.2 Å². The summed E-state index contributed by atoms with van der Waals surface area (Å²) in [7, 11) is 0. The average molecular weight is 360 g/mol. The quantitative estimate of drug-likeness (QED) is 0.333. The summed E-state index contributed by atoms with van der Waals surface area (Å²) < 4.78 is 39.2. The molecule has 0 amide bonds. The Bertz CT molecular complexity index is 530. The lowest BCUT2D eigenvalue weighted by atomic mass is 9.73. The van der Waals surface area contributed by atoms with Crippen molar-refractivity contribution >= 4 is 12.6 Å². The van der Waals surface area contributed by atoms with Gasteiger partial charge in [0.2, 0.25) is 0 Å². The molecule has 0 spiro atoms.